The molecule has 0 unspecified atom stereocenters. The minimum atomic E-state index is -0.454. The van der Waals surface area contributed by atoms with Crippen LogP contribution in [-0.4, -0.2) is 23.4 Å². The maximum Gasteiger partial charge on any atom is 0.239 e. The average molecular weight is 261 g/mol. The molecule has 1 atom stereocenters. The Morgan fingerprint density at radius 3 is 2.88 bits per heavy atom. The molecule has 0 fully saturated rings. The number of hydrogen-bond donors (Lipinski definition) is 1. The molecular formula is C11H17ClN2OS. The molecule has 0 spiro atoms. The van der Waals surface area contributed by atoms with E-state index in [0.29, 0.717) is 13.1 Å². The van der Waals surface area contributed by atoms with Gasteiger partial charge in [0.15, 0.2) is 0 Å². The third kappa shape index (κ3) is 4.35. The number of carbonyl (C=O) groups is 1. The second kappa shape index (κ2) is 7.44. The summed E-state index contributed by atoms with van der Waals surface area (Å²) in [4.78, 5) is 14.6. The number of amides is 1. The number of nitrogens with two attached hydrogens (primary N) is 1. The van der Waals surface area contributed by atoms with Crippen molar-refractivity contribution in [3.63, 3.8) is 0 Å². The van der Waals surface area contributed by atoms with Crippen molar-refractivity contribution in [2.45, 2.75) is 19.5 Å². The molecule has 90 valence electrons. The summed E-state index contributed by atoms with van der Waals surface area (Å²) in [5.41, 5.74) is 5.57. The Labute approximate surface area is 106 Å². The normalized spacial score (nSPS) is 11.4. The van der Waals surface area contributed by atoms with E-state index < -0.39 is 6.04 Å². The predicted octanol–water partition coefficient (Wildman–Crippen LogP) is 2.03. The standard InChI is InChI=1S/C11H16N2OS.ClH/c1-3-6-13(11(14)9(2)12)8-10-5-4-7-15-10;/h3-5,7,9H,1,6,8,12H2,2H3;1H/t9-;/m1./s1. The first-order valence-corrected chi connectivity index (χ1v) is 5.70. The van der Waals surface area contributed by atoms with Crippen LogP contribution in [0.2, 0.25) is 0 Å². The maximum absolute atomic E-state index is 11.7. The molecule has 0 aromatic carbocycles. The van der Waals surface area contributed by atoms with Gasteiger partial charge in [-0.3, -0.25) is 4.79 Å². The first-order valence-electron chi connectivity index (χ1n) is 4.82. The molecule has 1 aromatic rings. The molecule has 0 bridgehead atoms. The minimum absolute atomic E-state index is 0. The Bertz CT molecular complexity index is 325. The quantitative estimate of drug-likeness (QED) is 0.824. The van der Waals surface area contributed by atoms with Crippen molar-refractivity contribution < 1.29 is 4.79 Å². The molecule has 0 saturated heterocycles. The second-order valence-electron chi connectivity index (χ2n) is 3.38. The Kier molecular flexibility index (Phi) is 7.05. The van der Waals surface area contributed by atoms with E-state index in [4.69, 9.17) is 5.73 Å². The first-order chi connectivity index (χ1) is 7.15. The van der Waals surface area contributed by atoms with Gasteiger partial charge in [0.2, 0.25) is 5.91 Å². The molecule has 0 aliphatic rings. The highest BCUT2D eigenvalue weighted by Gasteiger charge is 2.16. The molecule has 0 saturated carbocycles. The van der Waals surface area contributed by atoms with Gasteiger partial charge in [0, 0.05) is 11.4 Å². The van der Waals surface area contributed by atoms with Crippen LogP contribution in [0.1, 0.15) is 11.8 Å². The van der Waals surface area contributed by atoms with Gasteiger partial charge < -0.3 is 10.6 Å². The summed E-state index contributed by atoms with van der Waals surface area (Å²) in [7, 11) is 0. The molecule has 2 N–H and O–H groups in total. The summed E-state index contributed by atoms with van der Waals surface area (Å²) in [5, 5.41) is 2.00. The number of nitrogens with zero attached hydrogens (tertiary/aromatic N) is 1. The van der Waals surface area contributed by atoms with E-state index in [1.54, 1.807) is 29.2 Å². The molecule has 5 heteroatoms. The predicted molar refractivity (Wildman–Crippen MR) is 70.8 cm³/mol. The summed E-state index contributed by atoms with van der Waals surface area (Å²) in [5.74, 6) is -0.0386. The van der Waals surface area contributed by atoms with E-state index in [1.807, 2.05) is 17.5 Å². The van der Waals surface area contributed by atoms with Crippen LogP contribution in [0.4, 0.5) is 0 Å². The fourth-order valence-electron chi connectivity index (χ4n) is 1.27. The Morgan fingerprint density at radius 2 is 2.44 bits per heavy atom. The second-order valence-corrected chi connectivity index (χ2v) is 4.41. The molecule has 1 amide bonds. The highest BCUT2D eigenvalue weighted by molar-refractivity contribution is 7.09. The van der Waals surface area contributed by atoms with Crippen LogP contribution in [0, 0.1) is 0 Å². The zero-order chi connectivity index (χ0) is 11.3. The summed E-state index contributed by atoms with van der Waals surface area (Å²) in [6.07, 6.45) is 1.72. The highest BCUT2D eigenvalue weighted by atomic mass is 35.5. The van der Waals surface area contributed by atoms with Crippen LogP contribution in [0.5, 0.6) is 0 Å². The van der Waals surface area contributed by atoms with E-state index in [0.717, 1.165) is 4.88 Å². The molecule has 0 aliphatic carbocycles. The first kappa shape index (κ1) is 15.2. The molecule has 0 aliphatic heterocycles. The average Bonchev–Trinajstić information content (AvgIpc) is 2.68. The van der Waals surface area contributed by atoms with Crippen LogP contribution in [-0.2, 0) is 11.3 Å². The highest BCUT2D eigenvalue weighted by Crippen LogP contribution is 2.12. The number of thiophene rings is 1. The molecule has 16 heavy (non-hydrogen) atoms. The van der Waals surface area contributed by atoms with E-state index in [1.165, 1.54) is 0 Å². The van der Waals surface area contributed by atoms with Gasteiger partial charge in [0.25, 0.3) is 0 Å². The SMILES string of the molecule is C=CCN(Cc1cccs1)C(=O)[C@@H](C)N.Cl. The van der Waals surface area contributed by atoms with Gasteiger partial charge in [-0.15, -0.1) is 30.3 Å². The fraction of sp³-hybridized carbons (Fsp3) is 0.364. The van der Waals surface area contributed by atoms with Crippen molar-refractivity contribution in [2.24, 2.45) is 5.73 Å². The van der Waals surface area contributed by atoms with Gasteiger partial charge >= 0.3 is 0 Å². The van der Waals surface area contributed by atoms with Crippen molar-refractivity contribution >= 4 is 29.7 Å². The van der Waals surface area contributed by atoms with E-state index in [9.17, 15) is 4.79 Å². The maximum atomic E-state index is 11.7. The zero-order valence-electron chi connectivity index (χ0n) is 9.26. The van der Waals surface area contributed by atoms with Gasteiger partial charge in [-0.25, -0.2) is 0 Å². The molecule has 1 rings (SSSR count). The van der Waals surface area contributed by atoms with Crippen LogP contribution in [0.15, 0.2) is 30.2 Å². The number of hydrogen-bond acceptors (Lipinski definition) is 3. The lowest BCUT2D eigenvalue weighted by atomic mass is 10.3. The molecule has 1 heterocycles. The van der Waals surface area contributed by atoms with Crippen LogP contribution in [0.25, 0.3) is 0 Å². The Balaban J connectivity index is 0.00000225. The van der Waals surface area contributed by atoms with E-state index >= 15 is 0 Å². The zero-order valence-corrected chi connectivity index (χ0v) is 10.9. The van der Waals surface area contributed by atoms with Gasteiger partial charge in [-0.2, -0.15) is 0 Å². The summed E-state index contributed by atoms with van der Waals surface area (Å²) in [6, 6.07) is 3.53. The van der Waals surface area contributed by atoms with Crippen LogP contribution in [0.3, 0.4) is 0 Å². The van der Waals surface area contributed by atoms with Crippen LogP contribution < -0.4 is 5.73 Å². The lowest BCUT2D eigenvalue weighted by Gasteiger charge is -2.22. The van der Waals surface area contributed by atoms with Crippen molar-refractivity contribution in [2.75, 3.05) is 6.54 Å². The third-order valence-electron chi connectivity index (χ3n) is 1.98. The molecule has 1 aromatic heterocycles. The number of carbonyl (C=O) groups excluding carboxylic acids is 1. The topological polar surface area (TPSA) is 46.3 Å². The van der Waals surface area contributed by atoms with Gasteiger partial charge in [-0.1, -0.05) is 12.1 Å². The minimum Gasteiger partial charge on any atom is -0.333 e. The fourth-order valence-corrected chi connectivity index (χ4v) is 1.99. The van der Waals surface area contributed by atoms with Crippen molar-refractivity contribution in [1.82, 2.24) is 4.90 Å². The monoisotopic (exact) mass is 260 g/mol. The summed E-state index contributed by atoms with van der Waals surface area (Å²) in [6.45, 7) is 6.50. The van der Waals surface area contributed by atoms with Crippen molar-refractivity contribution in [3.05, 3.63) is 35.0 Å². The lowest BCUT2D eigenvalue weighted by molar-refractivity contribution is -0.132. The van der Waals surface area contributed by atoms with Gasteiger partial charge in [-0.05, 0) is 18.4 Å². The Hall–Kier alpha value is -0.840. The van der Waals surface area contributed by atoms with Crippen molar-refractivity contribution in [1.29, 1.82) is 0 Å². The van der Waals surface area contributed by atoms with E-state index in [-0.39, 0.29) is 18.3 Å². The molecular weight excluding hydrogens is 244 g/mol. The third-order valence-corrected chi connectivity index (χ3v) is 2.84. The number of halogens is 1. The van der Waals surface area contributed by atoms with Crippen LogP contribution >= 0.6 is 23.7 Å². The smallest absolute Gasteiger partial charge is 0.239 e. The lowest BCUT2D eigenvalue weighted by Crippen LogP contribution is -2.41. The number of rotatable bonds is 5. The molecule has 3 nitrogen and oxygen atoms in total. The van der Waals surface area contributed by atoms with Gasteiger partial charge in [0.05, 0.1) is 12.6 Å². The molecule has 0 radical (unpaired) electrons. The van der Waals surface area contributed by atoms with Crippen molar-refractivity contribution in [3.8, 4) is 0 Å². The Morgan fingerprint density at radius 1 is 1.75 bits per heavy atom. The summed E-state index contributed by atoms with van der Waals surface area (Å²) < 4.78 is 0. The van der Waals surface area contributed by atoms with Gasteiger partial charge in [0.1, 0.15) is 0 Å². The summed E-state index contributed by atoms with van der Waals surface area (Å²) >= 11 is 1.64. The largest absolute Gasteiger partial charge is 0.333 e. The van der Waals surface area contributed by atoms with E-state index in [2.05, 4.69) is 6.58 Å².